The minimum absolute atomic E-state index is 0.124. The molecule has 0 saturated carbocycles. The van der Waals surface area contributed by atoms with E-state index < -0.39 is 21.9 Å². The molecule has 0 unspecified atom stereocenters. The Labute approximate surface area is 227 Å². The summed E-state index contributed by atoms with van der Waals surface area (Å²) >= 11 is 1.25. The molecule has 2 aromatic carbocycles. The summed E-state index contributed by atoms with van der Waals surface area (Å²) in [5, 5.41) is 0. The molecule has 0 aliphatic heterocycles. The fourth-order valence-corrected chi connectivity index (χ4v) is 6.76. The molecule has 0 aliphatic carbocycles. The summed E-state index contributed by atoms with van der Waals surface area (Å²) < 4.78 is 41.1. The summed E-state index contributed by atoms with van der Waals surface area (Å²) in [6.07, 6.45) is 0. The van der Waals surface area contributed by atoms with Gasteiger partial charge in [-0.15, -0.1) is 0 Å². The number of ether oxygens (including phenoxy) is 2. The van der Waals surface area contributed by atoms with Crippen LogP contribution < -0.4 is 9.54 Å². The number of hydrogen-bond donors (Lipinski definition) is 0. The molecule has 0 radical (unpaired) electrons. The number of rotatable bonds is 11. The normalized spacial score (nSPS) is 12.6. The van der Waals surface area contributed by atoms with Crippen molar-refractivity contribution in [3.05, 3.63) is 52.8 Å². The molecule has 0 spiro atoms. The van der Waals surface area contributed by atoms with E-state index in [9.17, 15) is 18.0 Å². The fourth-order valence-electron chi connectivity index (χ4n) is 3.95. The van der Waals surface area contributed by atoms with Crippen LogP contribution in [0.1, 0.15) is 45.0 Å². The molecule has 0 bridgehead atoms. The summed E-state index contributed by atoms with van der Waals surface area (Å²) in [4.78, 5) is 30.0. The minimum Gasteiger partial charge on any atom is -0.492 e. The molecule has 9 nitrogen and oxygen atoms in total. The van der Waals surface area contributed by atoms with Crippen LogP contribution in [-0.4, -0.2) is 56.0 Å². The maximum Gasteiger partial charge on any atom is 0.325 e. The van der Waals surface area contributed by atoms with Crippen LogP contribution >= 0.6 is 11.3 Å². The summed E-state index contributed by atoms with van der Waals surface area (Å²) in [6, 6.07) is 11.3. The smallest absolute Gasteiger partial charge is 0.325 e. The van der Waals surface area contributed by atoms with Gasteiger partial charge in [-0.3, -0.25) is 9.59 Å². The van der Waals surface area contributed by atoms with Crippen molar-refractivity contribution in [1.29, 1.82) is 0 Å². The number of methoxy groups -OCH3 is 1. The van der Waals surface area contributed by atoms with Crippen LogP contribution in [-0.2, 0) is 26.1 Å². The zero-order chi connectivity index (χ0) is 28.0. The van der Waals surface area contributed by atoms with Crippen molar-refractivity contribution in [3.8, 4) is 5.75 Å². The quantitative estimate of drug-likeness (QED) is 0.323. The van der Waals surface area contributed by atoms with Crippen molar-refractivity contribution in [2.75, 3.05) is 26.8 Å². The molecule has 0 aliphatic rings. The molecule has 11 heteroatoms. The molecular weight excluding hydrogens is 526 g/mol. The van der Waals surface area contributed by atoms with Gasteiger partial charge in [0.15, 0.2) is 4.80 Å². The van der Waals surface area contributed by atoms with Crippen LogP contribution in [0, 0.1) is 11.8 Å². The highest BCUT2D eigenvalue weighted by molar-refractivity contribution is 7.89. The Morgan fingerprint density at radius 1 is 1.03 bits per heavy atom. The van der Waals surface area contributed by atoms with Crippen molar-refractivity contribution < 1.29 is 27.5 Å². The average Bonchev–Trinajstić information content (AvgIpc) is 3.20. The monoisotopic (exact) mass is 561 g/mol. The lowest BCUT2D eigenvalue weighted by atomic mass is 10.2. The molecule has 0 fully saturated rings. The first-order valence-corrected chi connectivity index (χ1v) is 14.7. The molecule has 38 heavy (non-hydrogen) atoms. The fraction of sp³-hybridized carbons (Fsp3) is 0.444. The third-order valence-electron chi connectivity index (χ3n) is 5.55. The SMILES string of the molecule is CCOc1cccc2sc(=NC(=O)c3ccc(S(=O)(=O)N(CC(C)C)CC(C)C)cc3)n(CC(=O)OC)c12. The van der Waals surface area contributed by atoms with Gasteiger partial charge < -0.3 is 14.0 Å². The molecule has 3 aromatic rings. The van der Waals surface area contributed by atoms with E-state index in [-0.39, 0.29) is 28.8 Å². The number of sulfonamides is 1. The lowest BCUT2D eigenvalue weighted by molar-refractivity contribution is -0.141. The van der Waals surface area contributed by atoms with Crippen molar-refractivity contribution >= 4 is 43.5 Å². The van der Waals surface area contributed by atoms with Gasteiger partial charge in [0.25, 0.3) is 5.91 Å². The molecule has 0 saturated heterocycles. The molecule has 1 aromatic heterocycles. The Morgan fingerprint density at radius 3 is 2.21 bits per heavy atom. The van der Waals surface area contributed by atoms with E-state index in [0.29, 0.717) is 35.8 Å². The standard InChI is InChI=1S/C27H35N3O6S2/c1-7-36-22-9-8-10-23-25(22)30(17-24(31)35-6)27(37-23)28-26(32)20-11-13-21(14-12-20)38(33,34)29(15-18(2)3)16-19(4)5/h8-14,18-19H,7,15-17H2,1-6H3. The molecule has 1 heterocycles. The van der Waals surface area contributed by atoms with Crippen LogP contribution in [0.25, 0.3) is 10.2 Å². The lowest BCUT2D eigenvalue weighted by Gasteiger charge is -2.25. The van der Waals surface area contributed by atoms with Gasteiger partial charge in [0, 0.05) is 18.7 Å². The zero-order valence-electron chi connectivity index (χ0n) is 22.6. The highest BCUT2D eigenvalue weighted by Gasteiger charge is 2.26. The third-order valence-corrected chi connectivity index (χ3v) is 8.44. The first kappa shape index (κ1) is 29.5. The maximum atomic E-state index is 13.3. The van der Waals surface area contributed by atoms with Gasteiger partial charge in [0.05, 0.1) is 23.3 Å². The summed E-state index contributed by atoms with van der Waals surface area (Å²) in [5.41, 5.74) is 0.878. The predicted octanol–water partition coefficient (Wildman–Crippen LogP) is 4.32. The second kappa shape index (κ2) is 12.7. The number of thiazole rings is 1. The number of fused-ring (bicyclic) bond motifs is 1. The highest BCUT2D eigenvalue weighted by atomic mass is 32.2. The van der Waals surface area contributed by atoms with Crippen molar-refractivity contribution in [2.45, 2.75) is 46.1 Å². The number of para-hydroxylation sites is 1. The number of esters is 1. The number of nitrogens with zero attached hydrogens (tertiary/aromatic N) is 3. The number of hydrogen-bond acceptors (Lipinski definition) is 7. The van der Waals surface area contributed by atoms with E-state index in [4.69, 9.17) is 9.47 Å². The van der Waals surface area contributed by atoms with Crippen LogP contribution in [0.4, 0.5) is 0 Å². The van der Waals surface area contributed by atoms with Gasteiger partial charge in [-0.1, -0.05) is 45.1 Å². The number of benzene rings is 2. The Kier molecular flexibility index (Phi) is 9.86. The Bertz CT molecular complexity index is 1440. The second-order valence-electron chi connectivity index (χ2n) is 9.63. The highest BCUT2D eigenvalue weighted by Crippen LogP contribution is 2.28. The lowest BCUT2D eigenvalue weighted by Crippen LogP contribution is -2.37. The summed E-state index contributed by atoms with van der Waals surface area (Å²) in [7, 11) is -2.43. The third kappa shape index (κ3) is 6.89. The van der Waals surface area contributed by atoms with Gasteiger partial charge in [-0.25, -0.2) is 8.42 Å². The minimum atomic E-state index is -3.72. The van der Waals surface area contributed by atoms with E-state index in [1.54, 1.807) is 10.6 Å². The van der Waals surface area contributed by atoms with Gasteiger partial charge in [0.2, 0.25) is 10.0 Å². The molecule has 0 atom stereocenters. The van der Waals surface area contributed by atoms with Gasteiger partial charge >= 0.3 is 5.97 Å². The average molecular weight is 562 g/mol. The first-order valence-electron chi connectivity index (χ1n) is 12.5. The van der Waals surface area contributed by atoms with E-state index in [2.05, 4.69) is 4.99 Å². The van der Waals surface area contributed by atoms with Gasteiger partial charge in [0.1, 0.15) is 17.8 Å². The van der Waals surface area contributed by atoms with Crippen LogP contribution in [0.3, 0.4) is 0 Å². The molecule has 206 valence electrons. The van der Waals surface area contributed by atoms with E-state index >= 15 is 0 Å². The topological polar surface area (TPSA) is 107 Å². The molecule has 0 N–H and O–H groups in total. The second-order valence-corrected chi connectivity index (χ2v) is 12.6. The molecule has 1 amide bonds. The largest absolute Gasteiger partial charge is 0.492 e. The Morgan fingerprint density at radius 2 is 1.66 bits per heavy atom. The number of aromatic nitrogens is 1. The molecular formula is C27H35N3O6S2. The Hall–Kier alpha value is -3.02. The summed E-state index contributed by atoms with van der Waals surface area (Å²) in [5.74, 6) is -0.139. The van der Waals surface area contributed by atoms with E-state index in [0.717, 1.165) is 4.70 Å². The van der Waals surface area contributed by atoms with Crippen molar-refractivity contribution in [3.63, 3.8) is 0 Å². The maximum absolute atomic E-state index is 13.3. The van der Waals surface area contributed by atoms with Crippen molar-refractivity contribution in [1.82, 2.24) is 8.87 Å². The van der Waals surface area contributed by atoms with Crippen molar-refractivity contribution in [2.24, 2.45) is 16.8 Å². The van der Waals surface area contributed by atoms with Crippen LogP contribution in [0.5, 0.6) is 5.75 Å². The predicted molar refractivity (Wildman–Crippen MR) is 148 cm³/mol. The summed E-state index contributed by atoms with van der Waals surface area (Å²) in [6.45, 7) is 10.9. The number of carbonyl (C=O) groups is 2. The van der Waals surface area contributed by atoms with Gasteiger partial charge in [-0.05, 0) is 55.2 Å². The first-order chi connectivity index (χ1) is 18.0. The van der Waals surface area contributed by atoms with Gasteiger partial charge in [-0.2, -0.15) is 9.30 Å². The van der Waals surface area contributed by atoms with E-state index in [1.165, 1.54) is 47.0 Å². The number of carbonyl (C=O) groups excluding carboxylic acids is 2. The van der Waals surface area contributed by atoms with E-state index in [1.807, 2.05) is 46.8 Å². The Balaban J connectivity index is 2.01. The van der Waals surface area contributed by atoms with Crippen LogP contribution in [0.15, 0.2) is 52.4 Å². The van der Waals surface area contributed by atoms with Crippen LogP contribution in [0.2, 0.25) is 0 Å². The zero-order valence-corrected chi connectivity index (χ0v) is 24.3. The number of amides is 1. The molecule has 3 rings (SSSR count).